The summed E-state index contributed by atoms with van der Waals surface area (Å²) in [5, 5.41) is 3.02. The van der Waals surface area contributed by atoms with Crippen LogP contribution in [-0.2, 0) is 11.2 Å². The van der Waals surface area contributed by atoms with Crippen molar-refractivity contribution in [3.63, 3.8) is 0 Å². The number of carbonyl (C=O) groups is 1. The van der Waals surface area contributed by atoms with Gasteiger partial charge in [-0.25, -0.2) is 0 Å². The maximum atomic E-state index is 11.7. The lowest BCUT2D eigenvalue weighted by Gasteiger charge is -2.17. The number of likely N-dealkylation sites (N-methyl/N-ethyl adjacent to an activating group) is 1. The second-order valence-electron chi connectivity index (χ2n) is 4.68. The van der Waals surface area contributed by atoms with Gasteiger partial charge >= 0.3 is 0 Å². The first-order valence-corrected chi connectivity index (χ1v) is 6.83. The number of amides is 1. The third-order valence-corrected chi connectivity index (χ3v) is 3.04. The van der Waals surface area contributed by atoms with E-state index < -0.39 is 0 Å². The Morgan fingerprint density at radius 3 is 2.74 bits per heavy atom. The number of hydrogen-bond donors (Lipinski definition) is 1. The van der Waals surface area contributed by atoms with Crippen LogP contribution in [0.4, 0.5) is 0 Å². The monoisotopic (exact) mass is 260 g/mol. The number of hydrogen-bond acceptors (Lipinski definition) is 2. The minimum atomic E-state index is 0.140. The Morgan fingerprint density at radius 2 is 2.05 bits per heavy atom. The largest absolute Gasteiger partial charge is 0.345 e. The van der Waals surface area contributed by atoms with Crippen LogP contribution < -0.4 is 5.32 Å². The van der Waals surface area contributed by atoms with Gasteiger partial charge in [0.15, 0.2) is 0 Å². The maximum absolute atomic E-state index is 11.7. The molecule has 1 aromatic carbocycles. The van der Waals surface area contributed by atoms with Crippen LogP contribution in [0.2, 0.25) is 0 Å². The molecule has 1 N–H and O–H groups in total. The Hall–Kier alpha value is -1.61. The molecule has 0 atom stereocenters. The lowest BCUT2D eigenvalue weighted by molar-refractivity contribution is -0.128. The molecule has 0 aliphatic rings. The van der Waals surface area contributed by atoms with Gasteiger partial charge in [-0.1, -0.05) is 36.4 Å². The van der Waals surface area contributed by atoms with Crippen molar-refractivity contribution in [3.8, 4) is 0 Å². The zero-order chi connectivity index (χ0) is 13.9. The van der Waals surface area contributed by atoms with Gasteiger partial charge in [0.2, 0.25) is 5.91 Å². The molecule has 0 aromatic heterocycles. The smallest absolute Gasteiger partial charge is 0.236 e. The van der Waals surface area contributed by atoms with Crippen molar-refractivity contribution < 1.29 is 4.79 Å². The van der Waals surface area contributed by atoms with Crippen molar-refractivity contribution in [3.05, 3.63) is 48.6 Å². The summed E-state index contributed by atoms with van der Waals surface area (Å²) in [4.78, 5) is 13.5. The molecule has 19 heavy (non-hydrogen) atoms. The first kappa shape index (κ1) is 15.4. The van der Waals surface area contributed by atoms with E-state index in [4.69, 9.17) is 0 Å². The van der Waals surface area contributed by atoms with Gasteiger partial charge in [0.25, 0.3) is 0 Å². The van der Waals surface area contributed by atoms with Gasteiger partial charge in [0.1, 0.15) is 0 Å². The fourth-order valence-corrected chi connectivity index (χ4v) is 1.86. The summed E-state index contributed by atoms with van der Waals surface area (Å²) in [6, 6.07) is 10.5. The number of carbonyl (C=O) groups excluding carboxylic acids is 1. The molecule has 0 spiro atoms. The van der Waals surface area contributed by atoms with Crippen LogP contribution in [0.1, 0.15) is 18.4 Å². The predicted molar refractivity (Wildman–Crippen MR) is 80.1 cm³/mol. The highest BCUT2D eigenvalue weighted by molar-refractivity contribution is 5.77. The van der Waals surface area contributed by atoms with E-state index in [0.717, 1.165) is 25.8 Å². The van der Waals surface area contributed by atoms with Crippen molar-refractivity contribution in [2.75, 3.05) is 26.7 Å². The number of aryl methyl sites for hydroxylation is 1. The van der Waals surface area contributed by atoms with E-state index in [2.05, 4.69) is 36.2 Å². The molecule has 1 aromatic rings. The highest BCUT2D eigenvalue weighted by Gasteiger charge is 2.06. The Bertz CT molecular complexity index is 376. The second-order valence-corrected chi connectivity index (χ2v) is 4.68. The summed E-state index contributed by atoms with van der Waals surface area (Å²) in [5.41, 5.74) is 1.36. The van der Waals surface area contributed by atoms with Crippen molar-refractivity contribution in [2.45, 2.75) is 19.3 Å². The van der Waals surface area contributed by atoms with E-state index in [9.17, 15) is 4.79 Å². The van der Waals surface area contributed by atoms with Crippen molar-refractivity contribution >= 4 is 5.91 Å². The van der Waals surface area contributed by atoms with Gasteiger partial charge in [-0.05, 0) is 24.8 Å². The Kier molecular flexibility index (Phi) is 7.59. The first-order valence-electron chi connectivity index (χ1n) is 6.83. The molecule has 0 bridgehead atoms. The quantitative estimate of drug-likeness (QED) is 0.545. The molecule has 0 unspecified atom stereocenters. The molecule has 1 rings (SSSR count). The van der Waals surface area contributed by atoms with Crippen LogP contribution >= 0.6 is 0 Å². The van der Waals surface area contributed by atoms with Crippen LogP contribution in [0.5, 0.6) is 0 Å². The molecule has 0 saturated heterocycles. The first-order chi connectivity index (χ1) is 9.24. The van der Waals surface area contributed by atoms with Crippen molar-refractivity contribution in [2.24, 2.45) is 0 Å². The Morgan fingerprint density at radius 1 is 1.32 bits per heavy atom. The van der Waals surface area contributed by atoms with Crippen LogP contribution in [0.3, 0.4) is 0 Å². The summed E-state index contributed by atoms with van der Waals surface area (Å²) < 4.78 is 0. The third-order valence-electron chi connectivity index (χ3n) is 3.04. The fraction of sp³-hybridized carbons (Fsp3) is 0.438. The van der Waals surface area contributed by atoms with Gasteiger partial charge in [-0.15, -0.1) is 6.58 Å². The topological polar surface area (TPSA) is 32.3 Å². The normalized spacial score (nSPS) is 10.2. The molecule has 3 nitrogen and oxygen atoms in total. The summed E-state index contributed by atoms with van der Waals surface area (Å²) in [6.07, 6.45) is 4.99. The minimum Gasteiger partial charge on any atom is -0.345 e. The number of benzene rings is 1. The number of nitrogens with one attached hydrogen (secondary N) is 1. The Balaban J connectivity index is 2.11. The SMILES string of the molecule is C=CCNCC(=O)N(C)CCCCc1ccccc1. The van der Waals surface area contributed by atoms with Crippen LogP contribution in [0.25, 0.3) is 0 Å². The number of rotatable bonds is 9. The van der Waals surface area contributed by atoms with Crippen LogP contribution in [-0.4, -0.2) is 37.5 Å². The average Bonchev–Trinajstić information content (AvgIpc) is 2.44. The summed E-state index contributed by atoms with van der Waals surface area (Å²) in [7, 11) is 1.86. The maximum Gasteiger partial charge on any atom is 0.236 e. The molecule has 3 heteroatoms. The Labute approximate surface area is 116 Å². The molecule has 0 aliphatic heterocycles. The molecule has 104 valence electrons. The predicted octanol–water partition coefficient (Wildman–Crippen LogP) is 2.24. The van der Waals surface area contributed by atoms with E-state index in [-0.39, 0.29) is 5.91 Å². The van der Waals surface area contributed by atoms with Gasteiger partial charge in [0.05, 0.1) is 6.54 Å². The molecule has 0 heterocycles. The van der Waals surface area contributed by atoms with Crippen molar-refractivity contribution in [1.29, 1.82) is 0 Å². The molecular formula is C16H24N2O. The fourth-order valence-electron chi connectivity index (χ4n) is 1.86. The van der Waals surface area contributed by atoms with Gasteiger partial charge in [0, 0.05) is 20.1 Å². The van der Waals surface area contributed by atoms with E-state index in [0.29, 0.717) is 13.1 Å². The van der Waals surface area contributed by atoms with Gasteiger partial charge in [-0.3, -0.25) is 4.79 Å². The number of unbranched alkanes of at least 4 members (excludes halogenated alkanes) is 1. The summed E-state index contributed by atoms with van der Waals surface area (Å²) in [5.74, 6) is 0.140. The minimum absolute atomic E-state index is 0.140. The zero-order valence-corrected chi connectivity index (χ0v) is 11.8. The highest BCUT2D eigenvalue weighted by Crippen LogP contribution is 2.04. The van der Waals surface area contributed by atoms with Crippen molar-refractivity contribution in [1.82, 2.24) is 10.2 Å². The zero-order valence-electron chi connectivity index (χ0n) is 11.8. The van der Waals surface area contributed by atoms with Gasteiger partial charge in [-0.2, -0.15) is 0 Å². The highest BCUT2D eigenvalue weighted by atomic mass is 16.2. The third kappa shape index (κ3) is 6.77. The van der Waals surface area contributed by atoms with Crippen LogP contribution in [0, 0.1) is 0 Å². The van der Waals surface area contributed by atoms with E-state index in [1.165, 1.54) is 5.56 Å². The van der Waals surface area contributed by atoms with Crippen LogP contribution in [0.15, 0.2) is 43.0 Å². The molecule has 0 radical (unpaired) electrons. The van der Waals surface area contributed by atoms with Gasteiger partial charge < -0.3 is 10.2 Å². The molecular weight excluding hydrogens is 236 g/mol. The average molecular weight is 260 g/mol. The standard InChI is InChI=1S/C16H24N2O/c1-3-12-17-14-16(19)18(2)13-8-7-11-15-9-5-4-6-10-15/h3-6,9-10,17H,1,7-8,11-14H2,2H3. The molecule has 1 amide bonds. The van der Waals surface area contributed by atoms with E-state index >= 15 is 0 Å². The molecule has 0 aliphatic carbocycles. The molecule has 0 saturated carbocycles. The molecule has 0 fully saturated rings. The lowest BCUT2D eigenvalue weighted by atomic mass is 10.1. The summed E-state index contributed by atoms with van der Waals surface area (Å²) >= 11 is 0. The number of nitrogens with zero attached hydrogens (tertiary/aromatic N) is 1. The summed E-state index contributed by atoms with van der Waals surface area (Å²) in [6.45, 7) is 5.49. The van der Waals surface area contributed by atoms with E-state index in [1.807, 2.05) is 13.1 Å². The lowest BCUT2D eigenvalue weighted by Crippen LogP contribution is -2.36. The van der Waals surface area contributed by atoms with E-state index in [1.54, 1.807) is 11.0 Å². The second kappa shape index (κ2) is 9.34.